The average Bonchev–Trinajstić information content (AvgIpc) is 3.19. The van der Waals surface area contributed by atoms with Crippen LogP contribution in [0.2, 0.25) is 0 Å². The number of hydrogen-bond acceptors (Lipinski definition) is 6. The van der Waals surface area contributed by atoms with Gasteiger partial charge in [-0.3, -0.25) is 4.79 Å². The Balaban J connectivity index is 2.27. The molecule has 0 spiro atoms. The number of furan rings is 1. The van der Waals surface area contributed by atoms with Crippen LogP contribution in [-0.2, 0) is 14.3 Å². The maximum absolute atomic E-state index is 12.4. The van der Waals surface area contributed by atoms with Gasteiger partial charge in [0.2, 0.25) is 0 Å². The van der Waals surface area contributed by atoms with E-state index in [0.717, 1.165) is 17.3 Å². The zero-order valence-electron chi connectivity index (χ0n) is 16.1. The summed E-state index contributed by atoms with van der Waals surface area (Å²) in [7, 11) is 3.87. The number of aliphatic hydroxyl groups is 1. The molecule has 28 heavy (non-hydrogen) atoms. The Hall–Kier alpha value is -3.54. The predicted molar refractivity (Wildman–Crippen MR) is 109 cm³/mol. The molecule has 0 saturated carbocycles. The largest absolute Gasteiger partial charge is 0.507 e. The smallest absolute Gasteiger partial charge is 0.345 e. The fourth-order valence-corrected chi connectivity index (χ4v) is 2.30. The van der Waals surface area contributed by atoms with E-state index in [4.69, 9.17) is 9.15 Å². The van der Waals surface area contributed by atoms with E-state index < -0.39 is 23.1 Å². The van der Waals surface area contributed by atoms with Gasteiger partial charge in [-0.25, -0.2) is 4.79 Å². The summed E-state index contributed by atoms with van der Waals surface area (Å²) in [5.74, 6) is -1.58. The number of ether oxygens (including phenoxy) is 1. The highest BCUT2D eigenvalue weighted by Crippen LogP contribution is 2.16. The Morgan fingerprint density at radius 1 is 1.11 bits per heavy atom. The van der Waals surface area contributed by atoms with Crippen LogP contribution in [0.4, 0.5) is 5.69 Å². The van der Waals surface area contributed by atoms with Crippen LogP contribution in [0.15, 0.2) is 70.6 Å². The number of anilines is 1. The average molecular weight is 381 g/mol. The number of nitrogens with zero attached hydrogens (tertiary/aromatic N) is 1. The van der Waals surface area contributed by atoms with Crippen molar-refractivity contribution in [3.8, 4) is 0 Å². The lowest BCUT2D eigenvalue weighted by atomic mass is 10.1. The fraction of sp³-hybridized carbons (Fsp3) is 0.182. The standard InChI is InChI=1S/C22H23NO5/c1-4-27-22(26)21(20(25)14-12-18-6-5-15-28-18)19(24)13-9-16-7-10-17(11-8-16)23(2)3/h5-15,24H,4H2,1-3H3/b13-9+,14-12+,21-19+. The zero-order chi connectivity index (χ0) is 20.5. The Labute approximate surface area is 164 Å². The van der Waals surface area contributed by atoms with Crippen molar-refractivity contribution in [1.29, 1.82) is 0 Å². The molecule has 6 nitrogen and oxygen atoms in total. The van der Waals surface area contributed by atoms with Gasteiger partial charge in [-0.05, 0) is 55.0 Å². The monoisotopic (exact) mass is 381 g/mol. The second-order valence-electron chi connectivity index (χ2n) is 6.01. The number of ketones is 1. The lowest BCUT2D eigenvalue weighted by molar-refractivity contribution is -0.139. The first-order valence-corrected chi connectivity index (χ1v) is 8.74. The van der Waals surface area contributed by atoms with Crippen molar-refractivity contribution in [2.45, 2.75) is 6.92 Å². The summed E-state index contributed by atoms with van der Waals surface area (Å²) in [6.07, 6.45) is 6.95. The Bertz CT molecular complexity index is 888. The summed E-state index contributed by atoms with van der Waals surface area (Å²) >= 11 is 0. The third-order valence-electron chi connectivity index (χ3n) is 3.77. The van der Waals surface area contributed by atoms with Crippen LogP contribution in [-0.4, -0.2) is 37.6 Å². The molecule has 2 aromatic rings. The van der Waals surface area contributed by atoms with Gasteiger partial charge in [0.05, 0.1) is 12.9 Å². The molecule has 0 radical (unpaired) electrons. The maximum Gasteiger partial charge on any atom is 0.345 e. The van der Waals surface area contributed by atoms with Crippen LogP contribution in [0.1, 0.15) is 18.2 Å². The molecule has 0 saturated heterocycles. The van der Waals surface area contributed by atoms with Gasteiger partial charge in [-0.2, -0.15) is 0 Å². The van der Waals surface area contributed by atoms with Gasteiger partial charge < -0.3 is 19.2 Å². The van der Waals surface area contributed by atoms with Crippen molar-refractivity contribution in [1.82, 2.24) is 0 Å². The predicted octanol–water partition coefficient (Wildman–Crippen LogP) is 4.02. The molecule has 146 valence electrons. The zero-order valence-corrected chi connectivity index (χ0v) is 16.1. The molecule has 6 heteroatoms. The van der Waals surface area contributed by atoms with Crippen molar-refractivity contribution in [3.63, 3.8) is 0 Å². The van der Waals surface area contributed by atoms with Gasteiger partial charge >= 0.3 is 5.97 Å². The van der Waals surface area contributed by atoms with E-state index in [1.807, 2.05) is 43.3 Å². The van der Waals surface area contributed by atoms with Crippen molar-refractivity contribution >= 4 is 29.6 Å². The molecule has 1 heterocycles. The third-order valence-corrected chi connectivity index (χ3v) is 3.77. The third kappa shape index (κ3) is 5.74. The molecule has 0 unspecified atom stereocenters. The molecule has 0 bridgehead atoms. The quantitative estimate of drug-likeness (QED) is 0.186. The van der Waals surface area contributed by atoms with Gasteiger partial charge in [0, 0.05) is 19.8 Å². The Kier molecular flexibility index (Phi) is 7.39. The molecule has 0 fully saturated rings. The molecular formula is C22H23NO5. The van der Waals surface area contributed by atoms with Gasteiger partial charge in [0.15, 0.2) is 5.78 Å². The number of carbonyl (C=O) groups excluding carboxylic acids is 2. The van der Waals surface area contributed by atoms with Crippen LogP contribution in [0.3, 0.4) is 0 Å². The minimum Gasteiger partial charge on any atom is -0.507 e. The number of esters is 1. The number of allylic oxidation sites excluding steroid dienone is 2. The van der Waals surface area contributed by atoms with Gasteiger partial charge in [-0.15, -0.1) is 0 Å². The molecule has 1 aromatic heterocycles. The van der Waals surface area contributed by atoms with Crippen molar-refractivity contribution in [2.75, 3.05) is 25.6 Å². The van der Waals surface area contributed by atoms with E-state index in [0.29, 0.717) is 5.76 Å². The molecule has 1 aromatic carbocycles. The van der Waals surface area contributed by atoms with Crippen molar-refractivity contribution in [2.24, 2.45) is 0 Å². The Morgan fingerprint density at radius 2 is 1.82 bits per heavy atom. The first kappa shape index (κ1) is 20.8. The van der Waals surface area contributed by atoms with E-state index >= 15 is 0 Å². The molecule has 2 rings (SSSR count). The molecular weight excluding hydrogens is 358 g/mol. The molecule has 0 amide bonds. The first-order valence-electron chi connectivity index (χ1n) is 8.74. The van der Waals surface area contributed by atoms with E-state index in [1.165, 1.54) is 18.4 Å². The van der Waals surface area contributed by atoms with Crippen LogP contribution >= 0.6 is 0 Å². The summed E-state index contributed by atoms with van der Waals surface area (Å²) in [4.78, 5) is 26.6. The lowest BCUT2D eigenvalue weighted by Gasteiger charge is -2.11. The highest BCUT2D eigenvalue weighted by Gasteiger charge is 2.22. The van der Waals surface area contributed by atoms with E-state index in [-0.39, 0.29) is 6.61 Å². The lowest BCUT2D eigenvalue weighted by Crippen LogP contribution is -2.16. The van der Waals surface area contributed by atoms with Crippen LogP contribution in [0, 0.1) is 0 Å². The molecule has 0 aliphatic heterocycles. The number of hydrogen-bond donors (Lipinski definition) is 1. The summed E-state index contributed by atoms with van der Waals surface area (Å²) in [6.45, 7) is 1.71. The van der Waals surface area contributed by atoms with Crippen LogP contribution in [0.25, 0.3) is 12.2 Å². The van der Waals surface area contributed by atoms with E-state index in [9.17, 15) is 14.7 Å². The highest BCUT2D eigenvalue weighted by molar-refractivity contribution is 6.23. The molecule has 1 N–H and O–H groups in total. The van der Waals surface area contributed by atoms with Gasteiger partial charge in [-0.1, -0.05) is 18.2 Å². The second kappa shape index (κ2) is 9.97. The van der Waals surface area contributed by atoms with Gasteiger partial charge in [0.1, 0.15) is 17.1 Å². The molecule has 0 atom stereocenters. The van der Waals surface area contributed by atoms with Crippen LogP contribution in [0.5, 0.6) is 0 Å². The van der Waals surface area contributed by atoms with E-state index in [1.54, 1.807) is 25.1 Å². The second-order valence-corrected chi connectivity index (χ2v) is 6.01. The minimum atomic E-state index is -0.887. The SMILES string of the molecule is CCOC(=O)/C(C(=O)/C=C/c1ccco1)=C(O)\C=C\c1ccc(N(C)C)cc1. The summed E-state index contributed by atoms with van der Waals surface area (Å²) in [5, 5.41) is 10.3. The summed E-state index contributed by atoms with van der Waals surface area (Å²) in [5.41, 5.74) is 1.40. The fourth-order valence-electron chi connectivity index (χ4n) is 2.30. The summed E-state index contributed by atoms with van der Waals surface area (Å²) < 4.78 is 10.0. The number of benzene rings is 1. The van der Waals surface area contributed by atoms with Crippen LogP contribution < -0.4 is 4.90 Å². The normalized spacial score (nSPS) is 12.2. The van der Waals surface area contributed by atoms with Gasteiger partial charge in [0.25, 0.3) is 0 Å². The topological polar surface area (TPSA) is 80.0 Å². The van der Waals surface area contributed by atoms with E-state index in [2.05, 4.69) is 0 Å². The highest BCUT2D eigenvalue weighted by atomic mass is 16.5. The molecule has 0 aliphatic carbocycles. The molecule has 0 aliphatic rings. The number of rotatable bonds is 8. The number of aliphatic hydroxyl groups excluding tert-OH is 1. The van der Waals surface area contributed by atoms with Crippen molar-refractivity contribution < 1.29 is 23.8 Å². The minimum absolute atomic E-state index is 0.0838. The maximum atomic E-state index is 12.4. The number of carbonyl (C=O) groups is 2. The Morgan fingerprint density at radius 3 is 2.39 bits per heavy atom. The first-order chi connectivity index (χ1) is 13.4. The van der Waals surface area contributed by atoms with Crippen molar-refractivity contribution in [3.05, 3.63) is 77.5 Å². The summed E-state index contributed by atoms with van der Waals surface area (Å²) in [6, 6.07) is 10.9.